The van der Waals surface area contributed by atoms with Gasteiger partial charge in [-0.05, 0) is 60.2 Å². The maximum Gasteiger partial charge on any atom is 0.265 e. The number of halogens is 1. The number of nitrogens with one attached hydrogen (secondary N) is 1. The van der Waals surface area contributed by atoms with Gasteiger partial charge in [-0.1, -0.05) is 11.6 Å². The number of benzene rings is 3. The Morgan fingerprint density at radius 3 is 2.29 bits per heavy atom. The lowest BCUT2D eigenvalue weighted by molar-refractivity contribution is -0.137. The maximum absolute atomic E-state index is 13.9. The number of carbonyl (C=O) groups is 2. The van der Waals surface area contributed by atoms with E-state index in [9.17, 15) is 18.0 Å². The summed E-state index contributed by atoms with van der Waals surface area (Å²) >= 11 is 6.20. The van der Waals surface area contributed by atoms with Gasteiger partial charge < -0.3 is 28.6 Å². The van der Waals surface area contributed by atoms with Gasteiger partial charge in [0, 0.05) is 24.2 Å². The van der Waals surface area contributed by atoms with Crippen LogP contribution in [0.4, 0.5) is 5.69 Å². The van der Waals surface area contributed by atoms with Gasteiger partial charge in [-0.25, -0.2) is 13.8 Å². The summed E-state index contributed by atoms with van der Waals surface area (Å²) in [6.07, 6.45) is 1.38. The predicted molar refractivity (Wildman–Crippen MR) is 167 cm³/mol. The maximum atomic E-state index is 13.9. The van der Waals surface area contributed by atoms with Crippen LogP contribution in [0.3, 0.4) is 0 Å². The number of amides is 2. The Labute approximate surface area is 266 Å². The van der Waals surface area contributed by atoms with Crippen LogP contribution in [0.25, 0.3) is 0 Å². The fourth-order valence-corrected chi connectivity index (χ4v) is 5.91. The molecule has 1 heterocycles. The molecule has 13 nitrogen and oxygen atoms in total. The van der Waals surface area contributed by atoms with Crippen molar-refractivity contribution < 1.29 is 41.7 Å². The van der Waals surface area contributed by atoms with Crippen molar-refractivity contribution >= 4 is 45.3 Å². The number of carbonyl (C=O) groups excluding carboxylic acids is 2. The third kappa shape index (κ3) is 8.56. The zero-order valence-electron chi connectivity index (χ0n) is 24.9. The van der Waals surface area contributed by atoms with Crippen molar-refractivity contribution in [3.05, 3.63) is 71.2 Å². The topological polar surface area (TPSA) is 145 Å². The molecule has 1 fully saturated rings. The van der Waals surface area contributed by atoms with Crippen LogP contribution in [-0.2, 0) is 24.3 Å². The third-order valence-corrected chi connectivity index (χ3v) is 8.64. The SMILES string of the molecule is COc1ccc(S(=O)(=O)N(CC(=O)N/N=C\c2ccc(OCC(=O)N3CCOCC3)cc2)c2cc(Cl)ccc2OC)cc1OC. The number of nitrogens with zero attached hydrogens (tertiary/aromatic N) is 3. The smallest absolute Gasteiger partial charge is 0.265 e. The number of methoxy groups -OCH3 is 3. The number of hydrogen-bond donors (Lipinski definition) is 1. The van der Waals surface area contributed by atoms with Crippen LogP contribution in [0.5, 0.6) is 23.0 Å². The van der Waals surface area contributed by atoms with E-state index in [-0.39, 0.29) is 39.6 Å². The molecule has 0 bridgehead atoms. The summed E-state index contributed by atoms with van der Waals surface area (Å²) in [4.78, 5) is 26.8. The Hall–Kier alpha value is -4.53. The van der Waals surface area contributed by atoms with Crippen molar-refractivity contribution in [1.29, 1.82) is 0 Å². The molecule has 1 aliphatic heterocycles. The van der Waals surface area contributed by atoms with Crippen LogP contribution < -0.4 is 28.7 Å². The van der Waals surface area contributed by atoms with E-state index in [1.54, 1.807) is 29.2 Å². The summed E-state index contributed by atoms with van der Waals surface area (Å²) in [5.74, 6) is 0.323. The molecular formula is C30H33ClN4O9S. The minimum Gasteiger partial charge on any atom is -0.495 e. The molecule has 0 aromatic heterocycles. The molecule has 0 saturated carbocycles. The molecule has 240 valence electrons. The van der Waals surface area contributed by atoms with Gasteiger partial charge >= 0.3 is 0 Å². The van der Waals surface area contributed by atoms with Crippen LogP contribution in [0.1, 0.15) is 5.56 Å². The number of morpholine rings is 1. The fourth-order valence-electron chi connectivity index (χ4n) is 4.31. The lowest BCUT2D eigenvalue weighted by Gasteiger charge is -2.26. The summed E-state index contributed by atoms with van der Waals surface area (Å²) in [6, 6.07) is 15.2. The molecule has 1 saturated heterocycles. The van der Waals surface area contributed by atoms with Crippen LogP contribution in [0, 0.1) is 0 Å². The van der Waals surface area contributed by atoms with E-state index in [0.717, 1.165) is 4.31 Å². The van der Waals surface area contributed by atoms with Gasteiger partial charge in [0.05, 0.1) is 51.3 Å². The number of rotatable bonds is 13. The van der Waals surface area contributed by atoms with E-state index in [1.165, 1.54) is 63.9 Å². The van der Waals surface area contributed by atoms with Crippen LogP contribution in [-0.4, -0.2) is 92.1 Å². The minimum atomic E-state index is -4.36. The summed E-state index contributed by atoms with van der Waals surface area (Å²) < 4.78 is 55.4. The average molecular weight is 661 g/mol. The monoisotopic (exact) mass is 660 g/mol. The van der Waals surface area contributed by atoms with Gasteiger partial charge in [0.2, 0.25) is 0 Å². The average Bonchev–Trinajstić information content (AvgIpc) is 3.06. The molecule has 0 unspecified atom stereocenters. The Kier molecular flexibility index (Phi) is 11.5. The summed E-state index contributed by atoms with van der Waals surface area (Å²) in [7, 11) is -0.177. The quantitative estimate of drug-likeness (QED) is 0.216. The molecule has 1 aliphatic rings. The number of sulfonamides is 1. The minimum absolute atomic E-state index is 0.0432. The Bertz CT molecular complexity index is 1630. The third-order valence-electron chi connectivity index (χ3n) is 6.65. The number of hydrogen-bond acceptors (Lipinski definition) is 10. The summed E-state index contributed by atoms with van der Waals surface area (Å²) in [5, 5.41) is 4.20. The van der Waals surface area contributed by atoms with Crippen molar-refractivity contribution in [3.63, 3.8) is 0 Å². The first-order valence-electron chi connectivity index (χ1n) is 13.6. The zero-order chi connectivity index (χ0) is 32.4. The van der Waals surface area contributed by atoms with E-state index in [0.29, 0.717) is 43.4 Å². The normalized spacial score (nSPS) is 13.3. The highest BCUT2D eigenvalue weighted by atomic mass is 35.5. The number of hydrazone groups is 1. The Balaban J connectivity index is 1.46. The van der Waals surface area contributed by atoms with Crippen LogP contribution in [0.15, 0.2) is 70.7 Å². The Morgan fingerprint density at radius 1 is 0.956 bits per heavy atom. The highest BCUT2D eigenvalue weighted by Crippen LogP contribution is 2.37. The molecule has 3 aromatic carbocycles. The first kappa shape index (κ1) is 33.4. The van der Waals surface area contributed by atoms with E-state index in [1.807, 2.05) is 0 Å². The van der Waals surface area contributed by atoms with Gasteiger partial charge in [0.1, 0.15) is 18.0 Å². The molecule has 0 spiro atoms. The van der Waals surface area contributed by atoms with Gasteiger partial charge in [-0.15, -0.1) is 0 Å². The van der Waals surface area contributed by atoms with Crippen molar-refractivity contribution in [2.24, 2.45) is 5.10 Å². The molecule has 0 aliphatic carbocycles. The van der Waals surface area contributed by atoms with E-state index >= 15 is 0 Å². The van der Waals surface area contributed by atoms with Gasteiger partial charge in [0.15, 0.2) is 18.1 Å². The second kappa shape index (κ2) is 15.5. The molecule has 0 atom stereocenters. The van der Waals surface area contributed by atoms with E-state index in [4.69, 9.17) is 35.3 Å². The number of anilines is 1. The lowest BCUT2D eigenvalue weighted by Crippen LogP contribution is -2.42. The highest BCUT2D eigenvalue weighted by Gasteiger charge is 2.30. The molecule has 3 aromatic rings. The first-order valence-corrected chi connectivity index (χ1v) is 15.5. The molecule has 15 heteroatoms. The van der Waals surface area contributed by atoms with Gasteiger partial charge in [-0.2, -0.15) is 5.10 Å². The van der Waals surface area contributed by atoms with Gasteiger partial charge in [-0.3, -0.25) is 13.9 Å². The molecule has 45 heavy (non-hydrogen) atoms. The molecule has 2 amide bonds. The predicted octanol–water partition coefficient (Wildman–Crippen LogP) is 2.95. The highest BCUT2D eigenvalue weighted by molar-refractivity contribution is 7.92. The van der Waals surface area contributed by atoms with E-state index < -0.39 is 22.5 Å². The zero-order valence-corrected chi connectivity index (χ0v) is 26.5. The molecular weight excluding hydrogens is 628 g/mol. The standard InChI is InChI=1S/C30H33ClN4O9S/c1-40-26-10-6-22(31)16-25(26)35(45(38,39)24-9-11-27(41-2)28(17-24)42-3)19-29(36)33-32-18-21-4-7-23(8-5-21)44-20-30(37)34-12-14-43-15-13-34/h4-11,16-18H,12-15,19-20H2,1-3H3,(H,33,36)/b32-18-. The fraction of sp³-hybridized carbons (Fsp3) is 0.300. The summed E-state index contributed by atoms with van der Waals surface area (Å²) in [6.45, 7) is 1.34. The largest absolute Gasteiger partial charge is 0.495 e. The van der Waals surface area contributed by atoms with E-state index in [2.05, 4.69) is 10.5 Å². The number of ether oxygens (including phenoxy) is 5. The molecule has 1 N–H and O–H groups in total. The second-order valence-corrected chi connectivity index (χ2v) is 11.8. The van der Waals surface area contributed by atoms with Crippen molar-refractivity contribution in [3.8, 4) is 23.0 Å². The first-order chi connectivity index (χ1) is 21.7. The van der Waals surface area contributed by atoms with Gasteiger partial charge in [0.25, 0.3) is 21.8 Å². The summed E-state index contributed by atoms with van der Waals surface area (Å²) in [5.41, 5.74) is 3.02. The van der Waals surface area contributed by atoms with Crippen LogP contribution in [0.2, 0.25) is 5.02 Å². The van der Waals surface area contributed by atoms with Crippen LogP contribution >= 0.6 is 11.6 Å². The van der Waals surface area contributed by atoms with Crippen molar-refractivity contribution in [2.75, 3.05) is 65.1 Å². The lowest BCUT2D eigenvalue weighted by atomic mass is 10.2. The molecule has 4 rings (SSSR count). The Morgan fingerprint density at radius 2 is 1.62 bits per heavy atom. The molecule has 0 radical (unpaired) electrons. The second-order valence-electron chi connectivity index (χ2n) is 9.49. The van der Waals surface area contributed by atoms with Crippen molar-refractivity contribution in [2.45, 2.75) is 4.90 Å². The van der Waals surface area contributed by atoms with Crippen molar-refractivity contribution in [1.82, 2.24) is 10.3 Å².